The molecule has 0 aliphatic rings. The fourth-order valence-corrected chi connectivity index (χ4v) is 1.44. The number of nitrogens with zero attached hydrogens (tertiary/aromatic N) is 2. The third kappa shape index (κ3) is 3.54. The highest BCUT2D eigenvalue weighted by atomic mass is 16.5. The molecule has 0 aliphatic carbocycles. The lowest BCUT2D eigenvalue weighted by Gasteiger charge is -2.22. The molecule has 0 saturated heterocycles. The molecule has 0 unspecified atom stereocenters. The maximum Gasteiger partial charge on any atom is 0.341 e. The van der Waals surface area contributed by atoms with Gasteiger partial charge in [-0.15, -0.1) is 0 Å². The van der Waals surface area contributed by atoms with E-state index in [9.17, 15) is 9.59 Å². The van der Waals surface area contributed by atoms with E-state index in [0.717, 1.165) is 0 Å². The number of hydrogen-bond donors (Lipinski definition) is 2. The molecule has 0 fully saturated rings. The quantitative estimate of drug-likeness (QED) is 0.705. The van der Waals surface area contributed by atoms with Crippen LogP contribution in [0.3, 0.4) is 0 Å². The van der Waals surface area contributed by atoms with Gasteiger partial charge in [0, 0.05) is 13.6 Å². The Labute approximate surface area is 112 Å². The molecule has 0 saturated carbocycles. The van der Waals surface area contributed by atoms with E-state index in [1.165, 1.54) is 6.20 Å². The molecule has 7 heteroatoms. The second-order valence-corrected chi connectivity index (χ2v) is 4.69. The number of nitrogens with two attached hydrogens (primary N) is 1. The summed E-state index contributed by atoms with van der Waals surface area (Å²) in [5.41, 5.74) is 5.45. The average Bonchev–Trinajstić information content (AvgIpc) is 2.68. The summed E-state index contributed by atoms with van der Waals surface area (Å²) < 4.78 is 6.52. The first-order chi connectivity index (χ1) is 8.79. The smallest absolute Gasteiger partial charge is 0.341 e. The molecule has 1 amide bonds. The van der Waals surface area contributed by atoms with E-state index < -0.39 is 17.4 Å². The SMILES string of the molecule is CCOC(=O)c1cnn(C)c1CNC(C)(C)C(N)=O. The largest absolute Gasteiger partial charge is 0.462 e. The second kappa shape index (κ2) is 5.83. The molecule has 0 spiro atoms. The molecule has 106 valence electrons. The van der Waals surface area contributed by atoms with Crippen LogP contribution in [0.15, 0.2) is 6.20 Å². The minimum atomic E-state index is -0.865. The van der Waals surface area contributed by atoms with E-state index in [2.05, 4.69) is 10.4 Å². The third-order valence-electron chi connectivity index (χ3n) is 2.87. The fourth-order valence-electron chi connectivity index (χ4n) is 1.44. The zero-order valence-electron chi connectivity index (χ0n) is 11.7. The van der Waals surface area contributed by atoms with E-state index in [0.29, 0.717) is 24.4 Å². The Balaban J connectivity index is 2.87. The molecule has 1 heterocycles. The first-order valence-electron chi connectivity index (χ1n) is 6.02. The molecule has 1 aromatic rings. The summed E-state index contributed by atoms with van der Waals surface area (Å²) in [5, 5.41) is 7.02. The Bertz CT molecular complexity index is 479. The first kappa shape index (κ1) is 15.2. The van der Waals surface area contributed by atoms with Gasteiger partial charge in [0.15, 0.2) is 0 Å². The van der Waals surface area contributed by atoms with Gasteiger partial charge in [0.1, 0.15) is 5.56 Å². The minimum Gasteiger partial charge on any atom is -0.462 e. The number of carbonyl (C=O) groups excluding carboxylic acids is 2. The lowest BCUT2D eigenvalue weighted by atomic mass is 10.0. The van der Waals surface area contributed by atoms with Crippen molar-refractivity contribution in [2.45, 2.75) is 32.9 Å². The number of amides is 1. The normalized spacial score (nSPS) is 11.4. The van der Waals surface area contributed by atoms with E-state index in [1.54, 1.807) is 32.5 Å². The molecule has 1 rings (SSSR count). The third-order valence-corrected chi connectivity index (χ3v) is 2.87. The van der Waals surface area contributed by atoms with Crippen molar-refractivity contribution in [2.75, 3.05) is 6.61 Å². The summed E-state index contributed by atoms with van der Waals surface area (Å²) in [7, 11) is 1.72. The number of aryl methyl sites for hydroxylation is 1. The number of esters is 1. The number of rotatable bonds is 6. The van der Waals surface area contributed by atoms with Crippen LogP contribution in [-0.4, -0.2) is 33.8 Å². The van der Waals surface area contributed by atoms with E-state index in [1.807, 2.05) is 0 Å². The molecular weight excluding hydrogens is 248 g/mol. The van der Waals surface area contributed by atoms with Crippen LogP contribution >= 0.6 is 0 Å². The lowest BCUT2D eigenvalue weighted by molar-refractivity contribution is -0.123. The van der Waals surface area contributed by atoms with Crippen molar-refractivity contribution in [3.05, 3.63) is 17.5 Å². The molecule has 0 aliphatic heterocycles. The number of primary amides is 1. The Hall–Kier alpha value is -1.89. The minimum absolute atomic E-state index is 0.292. The Kier molecular flexibility index (Phi) is 4.66. The van der Waals surface area contributed by atoms with Crippen LogP contribution in [0.4, 0.5) is 0 Å². The van der Waals surface area contributed by atoms with Gasteiger partial charge in [-0.1, -0.05) is 0 Å². The van der Waals surface area contributed by atoms with Crippen molar-refractivity contribution >= 4 is 11.9 Å². The fraction of sp³-hybridized carbons (Fsp3) is 0.583. The maximum atomic E-state index is 11.7. The van der Waals surface area contributed by atoms with Gasteiger partial charge in [0.05, 0.1) is 24.0 Å². The predicted octanol–water partition coefficient (Wildman–Crippen LogP) is -0.0497. The number of aromatic nitrogens is 2. The second-order valence-electron chi connectivity index (χ2n) is 4.69. The van der Waals surface area contributed by atoms with Crippen molar-refractivity contribution in [3.8, 4) is 0 Å². The van der Waals surface area contributed by atoms with Crippen LogP contribution < -0.4 is 11.1 Å². The molecule has 0 atom stereocenters. The van der Waals surface area contributed by atoms with E-state index >= 15 is 0 Å². The first-order valence-corrected chi connectivity index (χ1v) is 6.02. The van der Waals surface area contributed by atoms with Gasteiger partial charge in [-0.2, -0.15) is 5.10 Å². The summed E-state index contributed by atoms with van der Waals surface area (Å²) in [4.78, 5) is 23.0. The van der Waals surface area contributed by atoms with Gasteiger partial charge in [0.25, 0.3) is 0 Å². The summed E-state index contributed by atoms with van der Waals surface area (Å²) in [5.74, 6) is -0.892. The standard InChI is InChI=1S/C12H20N4O3/c1-5-19-10(17)8-6-15-16(4)9(8)7-14-12(2,3)11(13)18/h6,14H,5,7H2,1-4H3,(H2,13,18). The van der Waals surface area contributed by atoms with Crippen molar-refractivity contribution < 1.29 is 14.3 Å². The van der Waals surface area contributed by atoms with Crippen LogP contribution in [0.25, 0.3) is 0 Å². The van der Waals surface area contributed by atoms with Crippen molar-refractivity contribution in [2.24, 2.45) is 12.8 Å². The zero-order valence-corrected chi connectivity index (χ0v) is 11.7. The van der Waals surface area contributed by atoms with Gasteiger partial charge in [-0.25, -0.2) is 4.79 Å². The van der Waals surface area contributed by atoms with Gasteiger partial charge in [-0.3, -0.25) is 14.8 Å². The van der Waals surface area contributed by atoms with Crippen molar-refractivity contribution in [1.29, 1.82) is 0 Å². The highest BCUT2D eigenvalue weighted by Crippen LogP contribution is 2.11. The molecule has 19 heavy (non-hydrogen) atoms. The van der Waals surface area contributed by atoms with Crippen LogP contribution in [0.1, 0.15) is 36.8 Å². The highest BCUT2D eigenvalue weighted by Gasteiger charge is 2.26. The molecule has 3 N–H and O–H groups in total. The summed E-state index contributed by atoms with van der Waals surface area (Å²) >= 11 is 0. The van der Waals surface area contributed by atoms with Crippen LogP contribution in [0.5, 0.6) is 0 Å². The number of carbonyl (C=O) groups is 2. The van der Waals surface area contributed by atoms with E-state index in [-0.39, 0.29) is 0 Å². The predicted molar refractivity (Wildman–Crippen MR) is 69.3 cm³/mol. The van der Waals surface area contributed by atoms with Gasteiger partial charge >= 0.3 is 5.97 Å². The van der Waals surface area contributed by atoms with Crippen LogP contribution in [0, 0.1) is 0 Å². The number of hydrogen-bond acceptors (Lipinski definition) is 5. The summed E-state index contributed by atoms with van der Waals surface area (Å²) in [6.45, 7) is 5.68. The Morgan fingerprint density at radius 3 is 2.68 bits per heavy atom. The molecule has 0 aromatic carbocycles. The van der Waals surface area contributed by atoms with E-state index in [4.69, 9.17) is 10.5 Å². The molecule has 0 bridgehead atoms. The zero-order chi connectivity index (χ0) is 14.6. The maximum absolute atomic E-state index is 11.7. The average molecular weight is 268 g/mol. The van der Waals surface area contributed by atoms with Crippen molar-refractivity contribution in [3.63, 3.8) is 0 Å². The summed E-state index contributed by atoms with van der Waals surface area (Å²) in [6.07, 6.45) is 1.45. The lowest BCUT2D eigenvalue weighted by Crippen LogP contribution is -2.50. The number of ether oxygens (including phenoxy) is 1. The number of nitrogens with one attached hydrogen (secondary N) is 1. The topological polar surface area (TPSA) is 99.2 Å². The highest BCUT2D eigenvalue weighted by molar-refractivity contribution is 5.90. The molecular formula is C12H20N4O3. The van der Waals surface area contributed by atoms with Crippen LogP contribution in [-0.2, 0) is 23.1 Å². The van der Waals surface area contributed by atoms with Gasteiger partial charge in [-0.05, 0) is 20.8 Å². The molecule has 7 nitrogen and oxygen atoms in total. The van der Waals surface area contributed by atoms with Crippen LogP contribution in [0.2, 0.25) is 0 Å². The van der Waals surface area contributed by atoms with Gasteiger partial charge < -0.3 is 10.5 Å². The van der Waals surface area contributed by atoms with Gasteiger partial charge in [0.2, 0.25) is 5.91 Å². The summed E-state index contributed by atoms with van der Waals surface area (Å²) in [6, 6.07) is 0. The Morgan fingerprint density at radius 1 is 1.53 bits per heavy atom. The Morgan fingerprint density at radius 2 is 2.16 bits per heavy atom. The molecule has 1 aromatic heterocycles. The molecule has 0 radical (unpaired) electrons. The monoisotopic (exact) mass is 268 g/mol. The van der Waals surface area contributed by atoms with Crippen molar-refractivity contribution in [1.82, 2.24) is 15.1 Å².